The van der Waals surface area contributed by atoms with Crippen molar-refractivity contribution in [3.8, 4) is 5.75 Å². The number of ether oxygens (including phenoxy) is 4. The normalized spacial score (nSPS) is 13.9. The molecule has 0 amide bonds. The molecule has 0 saturated heterocycles. The summed E-state index contributed by atoms with van der Waals surface area (Å²) in [6.45, 7) is 5.25. The first-order chi connectivity index (χ1) is 14.5. The number of anilines is 1. The quantitative estimate of drug-likeness (QED) is 0.636. The van der Waals surface area contributed by atoms with Crippen LogP contribution in [0.5, 0.6) is 5.75 Å². The first kappa shape index (κ1) is 21.4. The largest absolute Gasteiger partial charge is 0.489 e. The number of carbonyl (C=O) groups excluding carboxylic acids is 2. The zero-order valence-corrected chi connectivity index (χ0v) is 17.5. The second kappa shape index (κ2) is 9.45. The monoisotopic (exact) mass is 415 g/mol. The topological polar surface area (TPSA) is 92.1 Å². The van der Waals surface area contributed by atoms with Gasteiger partial charge in [0.25, 0.3) is 0 Å². The minimum atomic E-state index is -0.637. The van der Waals surface area contributed by atoms with Crippen LogP contribution in [0.3, 0.4) is 0 Å². The second-order valence-electron chi connectivity index (χ2n) is 6.59. The third-order valence-electron chi connectivity index (χ3n) is 4.75. The first-order valence-electron chi connectivity index (χ1n) is 9.49. The molecule has 3 rings (SSSR count). The Morgan fingerprint density at radius 1 is 1.13 bits per heavy atom. The number of hydrogen-bond donors (Lipinski definition) is 0. The highest BCUT2D eigenvalue weighted by atomic mass is 16.5. The summed E-state index contributed by atoms with van der Waals surface area (Å²) in [5.74, 6) is -0.609. The number of carbonyl (C=O) groups is 2. The van der Waals surface area contributed by atoms with Gasteiger partial charge in [0.15, 0.2) is 0 Å². The van der Waals surface area contributed by atoms with E-state index in [9.17, 15) is 9.59 Å². The smallest absolute Gasteiger partial charge is 0.355 e. The van der Waals surface area contributed by atoms with Gasteiger partial charge >= 0.3 is 11.9 Å². The zero-order chi connectivity index (χ0) is 21.7. The molecule has 0 spiro atoms. The number of hydrogen-bond acceptors (Lipinski definition) is 8. The molecule has 0 unspecified atom stereocenters. The number of esters is 2. The third-order valence-corrected chi connectivity index (χ3v) is 4.75. The summed E-state index contributed by atoms with van der Waals surface area (Å²) < 4.78 is 22.8. The summed E-state index contributed by atoms with van der Waals surface area (Å²) in [5.41, 5.74) is 2.82. The lowest BCUT2D eigenvalue weighted by atomic mass is 10.1. The van der Waals surface area contributed by atoms with Gasteiger partial charge in [-0.2, -0.15) is 5.10 Å². The zero-order valence-electron chi connectivity index (χ0n) is 17.5. The molecule has 1 aromatic heterocycles. The Hall–Kier alpha value is -3.33. The highest BCUT2D eigenvalue weighted by molar-refractivity contribution is 6.03. The molecule has 0 fully saturated rings. The molecule has 9 heteroatoms. The van der Waals surface area contributed by atoms with Gasteiger partial charge in [-0.25, -0.2) is 9.59 Å². The van der Waals surface area contributed by atoms with Gasteiger partial charge in [-0.15, -0.1) is 0 Å². The fourth-order valence-corrected chi connectivity index (χ4v) is 3.09. The first-order valence-corrected chi connectivity index (χ1v) is 9.49. The van der Waals surface area contributed by atoms with Crippen molar-refractivity contribution >= 4 is 17.6 Å². The van der Waals surface area contributed by atoms with Crippen LogP contribution in [-0.4, -0.2) is 49.3 Å². The van der Waals surface area contributed by atoms with Crippen molar-refractivity contribution in [3.05, 3.63) is 53.0 Å². The molecule has 2 heterocycles. The number of methoxy groups -OCH3 is 2. The lowest BCUT2D eigenvalue weighted by Gasteiger charge is -2.31. The molecule has 0 N–H and O–H groups in total. The van der Waals surface area contributed by atoms with Gasteiger partial charge in [0.2, 0.25) is 0 Å². The Bertz CT molecular complexity index is 948. The summed E-state index contributed by atoms with van der Waals surface area (Å²) in [5, 5.41) is 4.41. The molecule has 160 valence electrons. The van der Waals surface area contributed by atoms with Crippen LogP contribution in [0.15, 0.2) is 41.7 Å². The minimum absolute atomic E-state index is 0.0282. The van der Waals surface area contributed by atoms with Gasteiger partial charge in [-0.3, -0.25) is 4.68 Å². The van der Waals surface area contributed by atoms with Crippen molar-refractivity contribution in [3.63, 3.8) is 0 Å². The lowest BCUT2D eigenvalue weighted by Crippen LogP contribution is -2.38. The van der Waals surface area contributed by atoms with Crippen LogP contribution in [0, 0.1) is 6.92 Å². The molecule has 9 nitrogen and oxygen atoms in total. The molecule has 1 aliphatic heterocycles. The van der Waals surface area contributed by atoms with Crippen LogP contribution in [-0.2, 0) is 37.0 Å². The van der Waals surface area contributed by atoms with Gasteiger partial charge in [0.1, 0.15) is 24.8 Å². The highest BCUT2D eigenvalue weighted by Gasteiger charge is 2.32. The van der Waals surface area contributed by atoms with Crippen LogP contribution < -0.4 is 9.64 Å². The van der Waals surface area contributed by atoms with Crippen LogP contribution >= 0.6 is 0 Å². The summed E-state index contributed by atoms with van der Waals surface area (Å²) in [6.07, 6.45) is 1.97. The molecular formula is C21H25N3O6. The predicted octanol–water partition coefficient (Wildman–Crippen LogP) is 2.18. The fourth-order valence-electron chi connectivity index (χ4n) is 3.09. The number of rotatable bonds is 7. The van der Waals surface area contributed by atoms with Gasteiger partial charge in [-0.05, 0) is 38.1 Å². The van der Waals surface area contributed by atoms with Crippen LogP contribution in [0.1, 0.15) is 18.2 Å². The lowest BCUT2D eigenvalue weighted by molar-refractivity contribution is -0.140. The van der Waals surface area contributed by atoms with Gasteiger partial charge < -0.3 is 23.8 Å². The average molecular weight is 415 g/mol. The molecule has 30 heavy (non-hydrogen) atoms. The van der Waals surface area contributed by atoms with Crippen LogP contribution in [0.25, 0.3) is 0 Å². The molecule has 0 radical (unpaired) electrons. The van der Waals surface area contributed by atoms with Crippen molar-refractivity contribution in [1.29, 1.82) is 0 Å². The molecule has 1 aliphatic rings. The molecule has 0 atom stereocenters. The van der Waals surface area contributed by atoms with E-state index in [1.54, 1.807) is 29.2 Å². The number of nitrogens with zero attached hydrogens (tertiary/aromatic N) is 3. The Kier molecular flexibility index (Phi) is 6.73. The number of aromatic nitrogens is 2. The Morgan fingerprint density at radius 3 is 2.43 bits per heavy atom. The Balaban J connectivity index is 1.79. The van der Waals surface area contributed by atoms with Crippen LogP contribution in [0.2, 0.25) is 0 Å². The average Bonchev–Trinajstić information content (AvgIpc) is 3.16. The maximum absolute atomic E-state index is 12.3. The standard InChI is InChI=1S/C21H25N3O6/c1-5-23-10-15(14(2)22-23)11-30-17-8-6-16(7-9-17)24-13-29-12-18(20(25)27-3)19(24)21(26)28-4/h6-10H,5,11-13H2,1-4H3. The maximum Gasteiger partial charge on any atom is 0.355 e. The molecule has 0 bridgehead atoms. The van der Waals surface area contributed by atoms with Gasteiger partial charge in [0.05, 0.1) is 32.1 Å². The van der Waals surface area contributed by atoms with Crippen LogP contribution in [0.4, 0.5) is 5.69 Å². The molecule has 1 aromatic carbocycles. The van der Waals surface area contributed by atoms with E-state index in [-0.39, 0.29) is 24.6 Å². The second-order valence-corrected chi connectivity index (χ2v) is 6.59. The minimum Gasteiger partial charge on any atom is -0.489 e. The highest BCUT2D eigenvalue weighted by Crippen LogP contribution is 2.28. The number of aryl methyl sites for hydroxylation is 2. The molecule has 2 aromatic rings. The number of benzene rings is 1. The van der Waals surface area contributed by atoms with Crippen molar-refractivity contribution in [2.45, 2.75) is 27.0 Å². The van der Waals surface area contributed by atoms with Crippen molar-refractivity contribution in [2.75, 3.05) is 32.5 Å². The third kappa shape index (κ3) is 4.46. The van der Waals surface area contributed by atoms with E-state index >= 15 is 0 Å². The van der Waals surface area contributed by atoms with Gasteiger partial charge in [-0.1, -0.05) is 0 Å². The van der Waals surface area contributed by atoms with E-state index in [4.69, 9.17) is 18.9 Å². The molecule has 0 aliphatic carbocycles. The van der Waals surface area contributed by atoms with E-state index in [0.29, 0.717) is 18.0 Å². The summed E-state index contributed by atoms with van der Waals surface area (Å²) in [4.78, 5) is 26.0. The molecular weight excluding hydrogens is 390 g/mol. The van der Waals surface area contributed by atoms with E-state index in [2.05, 4.69) is 5.10 Å². The van der Waals surface area contributed by atoms with Crippen molar-refractivity contribution in [1.82, 2.24) is 9.78 Å². The van der Waals surface area contributed by atoms with Crippen molar-refractivity contribution in [2.24, 2.45) is 0 Å². The van der Waals surface area contributed by atoms with E-state index < -0.39 is 11.9 Å². The Morgan fingerprint density at radius 2 is 1.83 bits per heavy atom. The maximum atomic E-state index is 12.3. The van der Waals surface area contributed by atoms with Crippen molar-refractivity contribution < 1.29 is 28.5 Å². The summed E-state index contributed by atoms with van der Waals surface area (Å²) in [6, 6.07) is 7.14. The van der Waals surface area contributed by atoms with Gasteiger partial charge in [0, 0.05) is 24.0 Å². The SMILES string of the molecule is CCn1cc(COc2ccc(N3COCC(C(=O)OC)=C3C(=O)OC)cc2)c(C)n1. The van der Waals surface area contributed by atoms with E-state index in [1.165, 1.54) is 14.2 Å². The predicted molar refractivity (Wildman–Crippen MR) is 108 cm³/mol. The fraction of sp³-hybridized carbons (Fsp3) is 0.381. The summed E-state index contributed by atoms with van der Waals surface area (Å²) >= 11 is 0. The van der Waals surface area contributed by atoms with E-state index in [1.807, 2.05) is 24.7 Å². The summed E-state index contributed by atoms with van der Waals surface area (Å²) in [7, 11) is 2.51. The van der Waals surface area contributed by atoms with E-state index in [0.717, 1.165) is 17.8 Å². The Labute approximate surface area is 174 Å². The molecule has 0 saturated carbocycles.